The predicted octanol–water partition coefficient (Wildman–Crippen LogP) is 0.142. The van der Waals surface area contributed by atoms with Crippen molar-refractivity contribution in [1.82, 2.24) is 20.2 Å². The van der Waals surface area contributed by atoms with Gasteiger partial charge in [0.05, 0.1) is 0 Å². The summed E-state index contributed by atoms with van der Waals surface area (Å²) in [6.45, 7) is 4.14. The van der Waals surface area contributed by atoms with Gasteiger partial charge in [-0.1, -0.05) is 0 Å². The lowest BCUT2D eigenvalue weighted by Crippen LogP contribution is -2.33. The first-order chi connectivity index (χ1) is 9.54. The van der Waals surface area contributed by atoms with Crippen LogP contribution >= 0.6 is 0 Å². The molecular weight excluding hydrogens is 280 g/mol. The summed E-state index contributed by atoms with van der Waals surface area (Å²) in [4.78, 5) is 0. The number of aromatic nitrogens is 2. The molecule has 0 aliphatic carbocycles. The van der Waals surface area contributed by atoms with Crippen LogP contribution in [0.4, 0.5) is 0 Å². The van der Waals surface area contributed by atoms with Crippen LogP contribution in [0, 0.1) is 12.8 Å². The van der Waals surface area contributed by atoms with Crippen molar-refractivity contribution >= 4 is 10.0 Å². The molecule has 1 aliphatic rings. The van der Waals surface area contributed by atoms with Crippen LogP contribution in [0.5, 0.6) is 0 Å². The van der Waals surface area contributed by atoms with Crippen LogP contribution in [-0.4, -0.2) is 45.4 Å². The van der Waals surface area contributed by atoms with Crippen LogP contribution in [0.15, 0.2) is 5.03 Å². The van der Waals surface area contributed by atoms with Crippen molar-refractivity contribution < 1.29 is 13.2 Å². The summed E-state index contributed by atoms with van der Waals surface area (Å²) in [6.07, 6.45) is 1.79. The highest BCUT2D eigenvalue weighted by Gasteiger charge is 2.24. The molecule has 1 aromatic heterocycles. The maximum atomic E-state index is 12.3. The molecule has 114 valence electrons. The number of rotatable bonds is 6. The van der Waals surface area contributed by atoms with Crippen molar-refractivity contribution in [1.29, 1.82) is 0 Å². The summed E-state index contributed by atoms with van der Waals surface area (Å²) in [5, 5.41) is 9.72. The van der Waals surface area contributed by atoms with Crippen molar-refractivity contribution in [2.45, 2.75) is 31.3 Å². The third kappa shape index (κ3) is 3.57. The molecule has 0 unspecified atom stereocenters. The molecule has 0 spiro atoms. The van der Waals surface area contributed by atoms with E-state index in [9.17, 15) is 8.42 Å². The van der Waals surface area contributed by atoms with Crippen molar-refractivity contribution in [3.63, 3.8) is 0 Å². The van der Waals surface area contributed by atoms with Crippen molar-refractivity contribution in [2.75, 3.05) is 26.8 Å². The van der Waals surface area contributed by atoms with E-state index in [1.165, 1.54) is 0 Å². The third-order valence-corrected chi connectivity index (χ3v) is 4.94. The summed E-state index contributed by atoms with van der Waals surface area (Å²) in [5.41, 5.74) is 1.46. The van der Waals surface area contributed by atoms with Gasteiger partial charge in [0.2, 0.25) is 0 Å². The molecule has 1 aromatic rings. The number of sulfonamides is 1. The lowest BCUT2D eigenvalue weighted by Gasteiger charge is -2.21. The average molecular weight is 302 g/mol. The Morgan fingerprint density at radius 2 is 2.10 bits per heavy atom. The number of H-pyrrole nitrogens is 1. The SMILES string of the molecule is CNCc1c(S(=O)(=O)NCC2CCOCC2)n[nH]c1C. The largest absolute Gasteiger partial charge is 0.381 e. The molecular formula is C12H22N4O3S. The number of hydrogen-bond donors (Lipinski definition) is 3. The van der Waals surface area contributed by atoms with Gasteiger partial charge in [0.25, 0.3) is 10.0 Å². The van der Waals surface area contributed by atoms with Crippen molar-refractivity contribution in [3.8, 4) is 0 Å². The molecule has 0 aromatic carbocycles. The average Bonchev–Trinajstić information content (AvgIpc) is 2.81. The molecule has 1 saturated heterocycles. The molecule has 0 radical (unpaired) electrons. The molecule has 2 rings (SSSR count). The lowest BCUT2D eigenvalue weighted by molar-refractivity contribution is 0.0678. The number of hydrogen-bond acceptors (Lipinski definition) is 5. The topological polar surface area (TPSA) is 96.1 Å². The number of nitrogens with one attached hydrogen (secondary N) is 3. The summed E-state index contributed by atoms with van der Waals surface area (Å²) >= 11 is 0. The molecule has 7 nitrogen and oxygen atoms in total. The smallest absolute Gasteiger partial charge is 0.260 e. The van der Waals surface area contributed by atoms with Gasteiger partial charge in [-0.3, -0.25) is 5.10 Å². The van der Waals surface area contributed by atoms with Crippen LogP contribution in [0.1, 0.15) is 24.1 Å². The molecule has 0 saturated carbocycles. The van der Waals surface area contributed by atoms with Crippen LogP contribution in [0.3, 0.4) is 0 Å². The Bertz CT molecular complexity index is 535. The Morgan fingerprint density at radius 1 is 1.40 bits per heavy atom. The van der Waals surface area contributed by atoms with E-state index >= 15 is 0 Å². The molecule has 1 aliphatic heterocycles. The summed E-state index contributed by atoms with van der Waals surface area (Å²) < 4.78 is 32.6. The van der Waals surface area contributed by atoms with Gasteiger partial charge >= 0.3 is 0 Å². The molecule has 0 bridgehead atoms. The highest BCUT2D eigenvalue weighted by molar-refractivity contribution is 7.89. The van der Waals surface area contributed by atoms with Crippen molar-refractivity contribution in [3.05, 3.63) is 11.3 Å². The highest BCUT2D eigenvalue weighted by atomic mass is 32.2. The summed E-state index contributed by atoms with van der Waals surface area (Å²) in [5.74, 6) is 0.339. The fourth-order valence-corrected chi connectivity index (χ4v) is 3.59. The first-order valence-electron chi connectivity index (χ1n) is 6.80. The number of ether oxygens (including phenoxy) is 1. The maximum absolute atomic E-state index is 12.3. The Hall–Kier alpha value is -0.960. The molecule has 1 fully saturated rings. The minimum atomic E-state index is -3.56. The number of aromatic amines is 1. The molecule has 3 N–H and O–H groups in total. The van der Waals surface area contributed by atoms with Gasteiger partial charge < -0.3 is 10.1 Å². The summed E-state index contributed by atoms with van der Waals surface area (Å²) in [6, 6.07) is 0. The monoisotopic (exact) mass is 302 g/mol. The second kappa shape index (κ2) is 6.66. The minimum Gasteiger partial charge on any atom is -0.381 e. The Labute approximate surface area is 119 Å². The summed E-state index contributed by atoms with van der Waals surface area (Å²) in [7, 11) is -1.79. The Kier molecular flexibility index (Phi) is 5.14. The van der Waals surface area contributed by atoms with Gasteiger partial charge in [-0.15, -0.1) is 0 Å². The minimum absolute atomic E-state index is 0.0939. The van der Waals surface area contributed by atoms with Gasteiger partial charge in [-0.2, -0.15) is 5.10 Å². The fraction of sp³-hybridized carbons (Fsp3) is 0.750. The van der Waals surface area contributed by atoms with E-state index in [1.54, 1.807) is 7.05 Å². The normalized spacial score (nSPS) is 17.5. The molecule has 0 atom stereocenters. The Morgan fingerprint density at radius 3 is 2.75 bits per heavy atom. The van der Waals surface area contributed by atoms with Crippen LogP contribution in [0.25, 0.3) is 0 Å². The predicted molar refractivity (Wildman–Crippen MR) is 74.8 cm³/mol. The lowest BCUT2D eigenvalue weighted by atomic mass is 10.0. The molecule has 2 heterocycles. The quantitative estimate of drug-likeness (QED) is 0.695. The molecule has 0 amide bonds. The van der Waals surface area contributed by atoms with E-state index in [-0.39, 0.29) is 5.03 Å². The number of aryl methyl sites for hydroxylation is 1. The van der Waals surface area contributed by atoms with Crippen LogP contribution in [0.2, 0.25) is 0 Å². The molecule has 20 heavy (non-hydrogen) atoms. The van der Waals surface area contributed by atoms with E-state index in [1.807, 2.05) is 6.92 Å². The van der Waals surface area contributed by atoms with E-state index in [0.29, 0.717) is 37.8 Å². The van der Waals surface area contributed by atoms with E-state index < -0.39 is 10.0 Å². The fourth-order valence-electron chi connectivity index (χ4n) is 2.28. The van der Waals surface area contributed by atoms with E-state index in [4.69, 9.17) is 4.74 Å². The first kappa shape index (κ1) is 15.4. The molecule has 8 heteroatoms. The van der Waals surface area contributed by atoms with E-state index in [0.717, 1.165) is 18.5 Å². The number of nitrogens with zero attached hydrogens (tertiary/aromatic N) is 1. The van der Waals surface area contributed by atoms with Gasteiger partial charge in [0, 0.05) is 37.6 Å². The van der Waals surface area contributed by atoms with Gasteiger partial charge in [-0.05, 0) is 32.7 Å². The third-order valence-electron chi connectivity index (χ3n) is 3.55. The zero-order chi connectivity index (χ0) is 14.6. The zero-order valence-electron chi connectivity index (χ0n) is 11.9. The van der Waals surface area contributed by atoms with E-state index in [2.05, 4.69) is 20.2 Å². The van der Waals surface area contributed by atoms with Gasteiger partial charge in [0.1, 0.15) is 0 Å². The standard InChI is InChI=1S/C12H22N4O3S/c1-9-11(8-13-2)12(16-15-9)20(17,18)14-7-10-3-5-19-6-4-10/h10,13-14H,3-8H2,1-2H3,(H,15,16). The maximum Gasteiger partial charge on any atom is 0.260 e. The van der Waals surface area contributed by atoms with Crippen LogP contribution < -0.4 is 10.0 Å². The van der Waals surface area contributed by atoms with Gasteiger partial charge in [0.15, 0.2) is 5.03 Å². The van der Waals surface area contributed by atoms with Crippen molar-refractivity contribution in [2.24, 2.45) is 5.92 Å². The van der Waals surface area contributed by atoms with Crippen LogP contribution in [-0.2, 0) is 21.3 Å². The second-order valence-corrected chi connectivity index (χ2v) is 6.75. The highest BCUT2D eigenvalue weighted by Crippen LogP contribution is 2.18. The first-order valence-corrected chi connectivity index (χ1v) is 8.28. The zero-order valence-corrected chi connectivity index (χ0v) is 12.7. The Balaban J connectivity index is 2.05. The second-order valence-electron chi connectivity index (χ2n) is 5.07. The van der Waals surface area contributed by atoms with Gasteiger partial charge in [-0.25, -0.2) is 13.1 Å².